The van der Waals surface area contributed by atoms with Gasteiger partial charge in [0.2, 0.25) is 0 Å². The van der Waals surface area contributed by atoms with E-state index < -0.39 is 0 Å². The summed E-state index contributed by atoms with van der Waals surface area (Å²) in [5.74, 6) is 2.00. The number of ether oxygens (including phenoxy) is 1. The first kappa shape index (κ1) is 17.9. The molecule has 0 fully saturated rings. The third-order valence-corrected chi connectivity index (χ3v) is 5.57. The van der Waals surface area contributed by atoms with Crippen molar-refractivity contribution in [1.29, 1.82) is 0 Å². The van der Waals surface area contributed by atoms with E-state index >= 15 is 0 Å². The van der Waals surface area contributed by atoms with Gasteiger partial charge in [-0.1, -0.05) is 35.9 Å². The lowest BCUT2D eigenvalue weighted by molar-refractivity contribution is 0.410. The van der Waals surface area contributed by atoms with Crippen LogP contribution in [0.5, 0.6) is 5.75 Å². The van der Waals surface area contributed by atoms with Crippen LogP contribution in [0.4, 0.5) is 5.82 Å². The van der Waals surface area contributed by atoms with Gasteiger partial charge in [-0.3, -0.25) is 0 Å². The maximum absolute atomic E-state index is 6.38. The van der Waals surface area contributed by atoms with Gasteiger partial charge in [0.25, 0.3) is 0 Å². The van der Waals surface area contributed by atoms with Crippen LogP contribution in [-0.2, 0) is 12.8 Å². The number of methoxy groups -OCH3 is 1. The molecule has 2 aromatic carbocycles. The van der Waals surface area contributed by atoms with Gasteiger partial charge in [-0.2, -0.15) is 5.10 Å². The van der Waals surface area contributed by atoms with Gasteiger partial charge >= 0.3 is 0 Å². The molecule has 0 unspecified atom stereocenters. The molecule has 0 saturated heterocycles. The zero-order chi connectivity index (χ0) is 18.8. The van der Waals surface area contributed by atoms with E-state index in [9.17, 15) is 0 Å². The van der Waals surface area contributed by atoms with Crippen LogP contribution in [0.2, 0.25) is 5.02 Å². The lowest BCUT2D eigenvalue weighted by atomic mass is 10.0. The van der Waals surface area contributed by atoms with Gasteiger partial charge in [0.1, 0.15) is 11.6 Å². The predicted octanol–water partition coefficient (Wildman–Crippen LogP) is 5.18. The first-order valence-corrected chi connectivity index (χ1v) is 9.78. The van der Waals surface area contributed by atoms with Crippen molar-refractivity contribution in [2.45, 2.75) is 32.6 Å². The fourth-order valence-corrected chi connectivity index (χ4v) is 3.82. The zero-order valence-electron chi connectivity index (χ0n) is 15.8. The maximum atomic E-state index is 6.38. The van der Waals surface area contributed by atoms with Crippen molar-refractivity contribution in [3.05, 3.63) is 69.9 Å². The van der Waals surface area contributed by atoms with Crippen LogP contribution < -0.4 is 10.1 Å². The first-order chi connectivity index (χ1) is 13.2. The van der Waals surface area contributed by atoms with Crippen LogP contribution in [0.15, 0.2) is 42.5 Å². The molecule has 27 heavy (non-hydrogen) atoms. The van der Waals surface area contributed by atoms with Crippen molar-refractivity contribution < 1.29 is 4.74 Å². The van der Waals surface area contributed by atoms with Crippen LogP contribution in [0.3, 0.4) is 0 Å². The molecule has 1 aromatic heterocycles. The van der Waals surface area contributed by atoms with Crippen LogP contribution >= 0.6 is 11.6 Å². The molecule has 5 heteroatoms. The Morgan fingerprint density at radius 1 is 1.19 bits per heavy atom. The number of hydrogen-bond acceptors (Lipinski definition) is 3. The minimum absolute atomic E-state index is 0.751. The van der Waals surface area contributed by atoms with Crippen molar-refractivity contribution in [1.82, 2.24) is 9.78 Å². The average Bonchev–Trinajstić information content (AvgIpc) is 2.86. The highest BCUT2D eigenvalue weighted by molar-refractivity contribution is 6.31. The molecule has 0 aliphatic carbocycles. The largest absolute Gasteiger partial charge is 0.496 e. The third-order valence-electron chi connectivity index (χ3n) is 5.16. The standard InChI is InChI=1S/C22H24ClN3O/c1-15-10-11-17(14-19(15)23)26-22-18(8-5-6-12-24-22)20(25-26)13-16-7-3-4-9-21(16)27-2/h3-4,7,9-11,14,24H,5-6,8,12-13H2,1-2H3. The second-order valence-electron chi connectivity index (χ2n) is 6.99. The number of anilines is 1. The van der Waals surface area contributed by atoms with E-state index in [0.717, 1.165) is 64.9 Å². The molecule has 4 rings (SSSR count). The Balaban J connectivity index is 1.80. The summed E-state index contributed by atoms with van der Waals surface area (Å²) in [5, 5.41) is 9.33. The normalized spacial score (nSPS) is 13.6. The molecule has 3 aromatic rings. The molecule has 0 radical (unpaired) electrons. The summed E-state index contributed by atoms with van der Waals surface area (Å²) in [7, 11) is 1.72. The van der Waals surface area contributed by atoms with Crippen LogP contribution in [0, 0.1) is 6.92 Å². The van der Waals surface area contributed by atoms with E-state index in [1.807, 2.05) is 41.9 Å². The van der Waals surface area contributed by atoms with Gasteiger partial charge < -0.3 is 10.1 Å². The molecular formula is C22H24ClN3O. The molecule has 0 bridgehead atoms. The van der Waals surface area contributed by atoms with E-state index in [1.165, 1.54) is 12.0 Å². The Kier molecular flexibility index (Phi) is 5.08. The minimum Gasteiger partial charge on any atom is -0.496 e. The van der Waals surface area contributed by atoms with E-state index in [0.29, 0.717) is 0 Å². The number of aromatic nitrogens is 2. The van der Waals surface area contributed by atoms with Crippen molar-refractivity contribution >= 4 is 17.4 Å². The first-order valence-electron chi connectivity index (χ1n) is 9.40. The number of fused-ring (bicyclic) bond motifs is 1. The number of rotatable bonds is 4. The number of nitrogens with one attached hydrogen (secondary N) is 1. The van der Waals surface area contributed by atoms with Crippen LogP contribution in [-0.4, -0.2) is 23.4 Å². The van der Waals surface area contributed by atoms with Gasteiger partial charge in [0.05, 0.1) is 18.5 Å². The number of benzene rings is 2. The Morgan fingerprint density at radius 3 is 2.85 bits per heavy atom. The summed E-state index contributed by atoms with van der Waals surface area (Å²) < 4.78 is 7.55. The van der Waals surface area contributed by atoms with Crippen molar-refractivity contribution in [2.24, 2.45) is 0 Å². The summed E-state index contributed by atoms with van der Waals surface area (Å²) in [6.07, 6.45) is 4.11. The Morgan fingerprint density at radius 2 is 2.04 bits per heavy atom. The molecule has 0 spiro atoms. The smallest absolute Gasteiger partial charge is 0.133 e. The number of nitrogens with zero attached hydrogens (tertiary/aromatic N) is 2. The van der Waals surface area contributed by atoms with Crippen molar-refractivity contribution in [2.75, 3.05) is 19.0 Å². The highest BCUT2D eigenvalue weighted by Crippen LogP contribution is 2.32. The Bertz CT molecular complexity index is 964. The maximum Gasteiger partial charge on any atom is 0.133 e. The quantitative estimate of drug-likeness (QED) is 0.676. The van der Waals surface area contributed by atoms with Crippen molar-refractivity contribution in [3.63, 3.8) is 0 Å². The Labute approximate surface area is 165 Å². The van der Waals surface area contributed by atoms with Gasteiger partial charge in [-0.25, -0.2) is 4.68 Å². The number of aryl methyl sites for hydroxylation is 1. The minimum atomic E-state index is 0.751. The SMILES string of the molecule is COc1ccccc1Cc1nn(-c2ccc(C)c(Cl)c2)c2c1CCCCN2. The van der Waals surface area contributed by atoms with Gasteiger partial charge in [0.15, 0.2) is 0 Å². The monoisotopic (exact) mass is 381 g/mol. The number of para-hydroxylation sites is 1. The number of hydrogen-bond donors (Lipinski definition) is 1. The van der Waals surface area contributed by atoms with E-state index in [2.05, 4.69) is 17.4 Å². The average molecular weight is 382 g/mol. The second kappa shape index (κ2) is 7.65. The molecule has 2 heterocycles. The van der Waals surface area contributed by atoms with E-state index in [1.54, 1.807) is 7.11 Å². The summed E-state index contributed by atoms with van der Waals surface area (Å²) in [4.78, 5) is 0. The Hall–Kier alpha value is -2.46. The van der Waals surface area contributed by atoms with Crippen LogP contribution in [0.1, 0.15) is 35.2 Å². The zero-order valence-corrected chi connectivity index (χ0v) is 16.5. The molecule has 0 saturated carbocycles. The second-order valence-corrected chi connectivity index (χ2v) is 7.40. The highest BCUT2D eigenvalue weighted by Gasteiger charge is 2.21. The van der Waals surface area contributed by atoms with Gasteiger partial charge in [0, 0.05) is 29.1 Å². The molecule has 4 nitrogen and oxygen atoms in total. The number of halogens is 1. The highest BCUT2D eigenvalue weighted by atomic mass is 35.5. The lowest BCUT2D eigenvalue weighted by Crippen LogP contribution is -2.07. The third kappa shape index (κ3) is 3.54. The lowest BCUT2D eigenvalue weighted by Gasteiger charge is -2.10. The molecule has 0 amide bonds. The van der Waals surface area contributed by atoms with E-state index in [4.69, 9.17) is 21.4 Å². The summed E-state index contributed by atoms with van der Waals surface area (Å²) >= 11 is 6.38. The molecule has 1 aliphatic heterocycles. The van der Waals surface area contributed by atoms with Gasteiger partial charge in [-0.05, 0) is 49.9 Å². The fourth-order valence-electron chi connectivity index (χ4n) is 3.65. The molecule has 140 valence electrons. The molecule has 0 atom stereocenters. The summed E-state index contributed by atoms with van der Waals surface area (Å²) in [6.45, 7) is 2.98. The van der Waals surface area contributed by atoms with Crippen LogP contribution in [0.25, 0.3) is 5.69 Å². The van der Waals surface area contributed by atoms with Gasteiger partial charge in [-0.15, -0.1) is 0 Å². The van der Waals surface area contributed by atoms with E-state index in [-0.39, 0.29) is 0 Å². The molecule has 1 N–H and O–H groups in total. The molecular weight excluding hydrogens is 358 g/mol. The topological polar surface area (TPSA) is 39.1 Å². The fraction of sp³-hybridized carbons (Fsp3) is 0.318. The summed E-state index contributed by atoms with van der Waals surface area (Å²) in [6, 6.07) is 14.3. The predicted molar refractivity (Wildman–Crippen MR) is 111 cm³/mol. The summed E-state index contributed by atoms with van der Waals surface area (Å²) in [5.41, 5.74) is 5.61. The molecule has 1 aliphatic rings. The van der Waals surface area contributed by atoms with Crippen molar-refractivity contribution in [3.8, 4) is 11.4 Å².